The Morgan fingerprint density at radius 2 is 1.92 bits per heavy atom. The summed E-state index contributed by atoms with van der Waals surface area (Å²) in [4.78, 5) is 40.8. The number of piperazine rings is 1. The molecule has 0 aliphatic carbocycles. The largest absolute Gasteiger partial charge is 0.395 e. The van der Waals surface area contributed by atoms with Gasteiger partial charge >= 0.3 is 0 Å². The summed E-state index contributed by atoms with van der Waals surface area (Å²) in [5.41, 5.74) is 1.33. The quantitative estimate of drug-likeness (QED) is 0.118. The number of benzene rings is 3. The van der Waals surface area contributed by atoms with Crippen molar-refractivity contribution in [3.05, 3.63) is 124 Å². The van der Waals surface area contributed by atoms with Crippen molar-refractivity contribution in [2.45, 2.75) is 38.0 Å². The highest BCUT2D eigenvalue weighted by Gasteiger charge is 2.53. The molecule has 2 aliphatic rings. The number of aliphatic hydroxyl groups excluding tert-OH is 1. The lowest BCUT2D eigenvalue weighted by atomic mass is 9.82. The van der Waals surface area contributed by atoms with Crippen LogP contribution in [0, 0.1) is 16.0 Å². The number of amides is 2. The number of aromatic nitrogens is 3. The van der Waals surface area contributed by atoms with Crippen LogP contribution in [-0.4, -0.2) is 68.2 Å². The van der Waals surface area contributed by atoms with Crippen LogP contribution in [0.2, 0.25) is 0 Å². The van der Waals surface area contributed by atoms with Crippen LogP contribution in [0.3, 0.4) is 0 Å². The van der Waals surface area contributed by atoms with E-state index in [1.165, 1.54) is 23.1 Å². The number of non-ortho nitro benzene ring substituents is 1. The fourth-order valence-corrected chi connectivity index (χ4v) is 6.37. The van der Waals surface area contributed by atoms with E-state index < -0.39 is 22.3 Å². The summed E-state index contributed by atoms with van der Waals surface area (Å²) in [5, 5.41) is 45.2. The molecule has 4 aromatic rings. The second-order valence-corrected chi connectivity index (χ2v) is 12.1. The van der Waals surface area contributed by atoms with Gasteiger partial charge in [0.05, 0.1) is 41.9 Å². The van der Waals surface area contributed by atoms with Crippen molar-refractivity contribution in [1.29, 1.82) is 0 Å². The summed E-state index contributed by atoms with van der Waals surface area (Å²) in [7, 11) is 0. The highest BCUT2D eigenvalue weighted by molar-refractivity contribution is 6.07. The van der Waals surface area contributed by atoms with Crippen LogP contribution in [0.1, 0.15) is 41.6 Å². The van der Waals surface area contributed by atoms with Gasteiger partial charge in [-0.3, -0.25) is 24.4 Å². The van der Waals surface area contributed by atoms with Crippen molar-refractivity contribution < 1.29 is 24.7 Å². The smallest absolute Gasteiger partial charge is 0.269 e. The number of carbonyl (C=O) groups excluding carboxylic acids is 2. The molecule has 0 bridgehead atoms. The second-order valence-electron chi connectivity index (χ2n) is 12.1. The van der Waals surface area contributed by atoms with E-state index in [1.54, 1.807) is 28.8 Å². The van der Waals surface area contributed by atoms with E-state index in [1.807, 2.05) is 60.7 Å². The number of nitro groups is 1. The molecule has 0 saturated carbocycles. The lowest BCUT2D eigenvalue weighted by Crippen LogP contribution is -2.48. The minimum absolute atomic E-state index is 0.0471. The zero-order valence-corrected chi connectivity index (χ0v) is 26.5. The van der Waals surface area contributed by atoms with Crippen LogP contribution in [0.15, 0.2) is 91.1 Å². The van der Waals surface area contributed by atoms with E-state index in [4.69, 9.17) is 0 Å². The normalized spacial score (nSPS) is 19.1. The maximum atomic E-state index is 14.1. The predicted molar refractivity (Wildman–Crippen MR) is 178 cm³/mol. The van der Waals surface area contributed by atoms with Gasteiger partial charge in [-0.25, -0.2) is 0 Å². The average molecular weight is 652 g/mol. The molecule has 3 aromatic carbocycles. The first kappa shape index (κ1) is 32.7. The monoisotopic (exact) mass is 651 g/mol. The first-order valence-electron chi connectivity index (χ1n) is 15.9. The molecule has 3 N–H and O–H groups in total. The van der Waals surface area contributed by atoms with Crippen LogP contribution in [0.25, 0.3) is 0 Å². The highest BCUT2D eigenvalue weighted by atomic mass is 16.6. The second kappa shape index (κ2) is 13.9. The van der Waals surface area contributed by atoms with E-state index in [0.717, 1.165) is 11.1 Å². The maximum absolute atomic E-state index is 14.1. The fraction of sp³-hybridized carbons (Fsp3) is 0.314. The first-order chi connectivity index (χ1) is 23.2. The number of rotatable bonds is 12. The molecule has 6 rings (SSSR count). The third kappa shape index (κ3) is 6.35. The number of anilines is 2. The Hall–Kier alpha value is -5.24. The van der Waals surface area contributed by atoms with Gasteiger partial charge in [0.1, 0.15) is 0 Å². The lowest BCUT2D eigenvalue weighted by Gasteiger charge is -2.29. The van der Waals surface area contributed by atoms with Gasteiger partial charge in [0.15, 0.2) is 5.60 Å². The Labute approximate surface area is 277 Å². The summed E-state index contributed by atoms with van der Waals surface area (Å²) < 4.78 is 1.67. The number of hydrogen-bond acceptors (Lipinski definition) is 9. The van der Waals surface area contributed by atoms with Gasteiger partial charge in [0, 0.05) is 55.1 Å². The maximum Gasteiger partial charge on any atom is 0.269 e. The summed E-state index contributed by atoms with van der Waals surface area (Å²) in [6.07, 6.45) is 5.87. The summed E-state index contributed by atoms with van der Waals surface area (Å²) in [5.74, 6) is -1.66. The molecular formula is C35H37N7O6. The zero-order valence-electron chi connectivity index (χ0n) is 26.5. The van der Waals surface area contributed by atoms with E-state index in [9.17, 15) is 29.9 Å². The van der Waals surface area contributed by atoms with Crippen LogP contribution in [-0.2, 0) is 28.3 Å². The molecular weight excluding hydrogens is 614 g/mol. The van der Waals surface area contributed by atoms with Gasteiger partial charge < -0.3 is 25.3 Å². The minimum Gasteiger partial charge on any atom is -0.395 e. The van der Waals surface area contributed by atoms with E-state index >= 15 is 0 Å². The van der Waals surface area contributed by atoms with E-state index in [-0.39, 0.29) is 42.8 Å². The lowest BCUT2D eigenvalue weighted by molar-refractivity contribution is -0.385. The number of aliphatic hydroxyl groups is 2. The molecule has 13 heteroatoms. The number of aryl methyl sites for hydroxylation is 1. The van der Waals surface area contributed by atoms with Gasteiger partial charge in [0.25, 0.3) is 11.6 Å². The Morgan fingerprint density at radius 3 is 2.67 bits per heavy atom. The van der Waals surface area contributed by atoms with Crippen LogP contribution in [0.5, 0.6) is 0 Å². The van der Waals surface area contributed by atoms with Crippen molar-refractivity contribution in [1.82, 2.24) is 20.3 Å². The van der Waals surface area contributed by atoms with Gasteiger partial charge in [-0.05, 0) is 35.7 Å². The predicted octanol–water partition coefficient (Wildman–Crippen LogP) is 3.26. The van der Waals surface area contributed by atoms with Crippen LogP contribution in [0.4, 0.5) is 17.1 Å². The Kier molecular flexibility index (Phi) is 9.44. The number of hydrogen-bond donors (Lipinski definition) is 3. The van der Waals surface area contributed by atoms with Crippen molar-refractivity contribution >= 4 is 28.9 Å². The van der Waals surface area contributed by atoms with Gasteiger partial charge in [-0.15, -0.1) is 5.10 Å². The molecule has 1 fully saturated rings. The molecule has 2 aliphatic heterocycles. The van der Waals surface area contributed by atoms with Crippen molar-refractivity contribution in [2.24, 2.45) is 5.92 Å². The number of nitrogens with one attached hydrogen (secondary N) is 1. The highest BCUT2D eigenvalue weighted by Crippen LogP contribution is 2.47. The van der Waals surface area contributed by atoms with Gasteiger partial charge in [-0.1, -0.05) is 66.8 Å². The number of nitro benzene ring substituents is 1. The molecule has 0 spiro atoms. The Bertz CT molecular complexity index is 1840. The molecule has 248 valence electrons. The topological polar surface area (TPSA) is 167 Å². The third-order valence-electron chi connectivity index (χ3n) is 9.02. The Morgan fingerprint density at radius 1 is 1.10 bits per heavy atom. The first-order valence-corrected chi connectivity index (χ1v) is 15.9. The van der Waals surface area contributed by atoms with Gasteiger partial charge in [0.2, 0.25) is 5.91 Å². The summed E-state index contributed by atoms with van der Waals surface area (Å²) in [6.45, 7) is 3.61. The molecule has 3 atom stereocenters. The van der Waals surface area contributed by atoms with Crippen molar-refractivity contribution in [3.8, 4) is 0 Å². The summed E-state index contributed by atoms with van der Waals surface area (Å²) in [6, 6.07) is 21.0. The molecule has 1 unspecified atom stereocenters. The van der Waals surface area contributed by atoms with Crippen molar-refractivity contribution in [2.75, 3.05) is 36.0 Å². The molecule has 3 heterocycles. The average Bonchev–Trinajstić information content (AvgIpc) is 3.65. The minimum atomic E-state index is -2.05. The molecule has 13 nitrogen and oxygen atoms in total. The standard InChI is InChI=1S/C35H37N7O6/c1-24(8-5-6-16-39-22-31(37-38-39)29(23-43)26-10-3-2-4-11-26)35(46)30-19-28(42(47)48)13-14-32(30)41(34(35)45)21-25-9-7-12-27(18-25)40-17-15-36-20-33(40)44/h2-5,7-14,18-19,22,24,29,36,43,46H,6,15-17,20-21,23H2,1H3/b8-5+/t24-,29?,35+/m1/s1. The van der Waals surface area contributed by atoms with Crippen LogP contribution < -0.4 is 15.1 Å². The van der Waals surface area contributed by atoms with Gasteiger partial charge in [-0.2, -0.15) is 0 Å². The molecule has 48 heavy (non-hydrogen) atoms. The molecule has 1 aromatic heterocycles. The number of fused-ring (bicyclic) bond motifs is 1. The number of carbonyl (C=O) groups is 2. The fourth-order valence-electron chi connectivity index (χ4n) is 6.37. The third-order valence-corrected chi connectivity index (χ3v) is 9.02. The van der Waals surface area contributed by atoms with Crippen molar-refractivity contribution in [3.63, 3.8) is 0 Å². The number of allylic oxidation sites excluding steroid dienone is 1. The summed E-state index contributed by atoms with van der Waals surface area (Å²) >= 11 is 0. The SMILES string of the molecule is C[C@H](/C=C/CCn1cc(C(CO)c2ccccc2)nn1)[C@@]1(O)C(=O)N(Cc2cccc(N3CCNCC3=O)c2)c2ccc([N+](=O)[O-])cc21. The number of nitrogens with zero attached hydrogens (tertiary/aromatic N) is 6. The zero-order chi connectivity index (χ0) is 33.8. The van der Waals surface area contributed by atoms with E-state index in [2.05, 4.69) is 15.6 Å². The molecule has 1 saturated heterocycles. The molecule has 0 radical (unpaired) electrons. The van der Waals surface area contributed by atoms with Crippen LogP contribution >= 0.6 is 0 Å². The Balaban J connectivity index is 1.19. The molecule has 2 amide bonds. The van der Waals surface area contributed by atoms with E-state index in [0.29, 0.717) is 43.1 Å².